The molecule has 3 rings (SSSR count). The number of hydrogen-bond donors (Lipinski definition) is 1. The number of likely N-dealkylation sites (tertiary alicyclic amines) is 1. The SMILES string of the molecule is Cn1cc(S(=O)(=O)NC2CCCN(C(=O)c3ccccc3)C2)cn1. The average Bonchev–Trinajstić information content (AvgIpc) is 3.02. The van der Waals surface area contributed by atoms with E-state index in [2.05, 4.69) is 9.82 Å². The molecule has 0 saturated carbocycles. The van der Waals surface area contributed by atoms with Crippen LogP contribution >= 0.6 is 0 Å². The van der Waals surface area contributed by atoms with Gasteiger partial charge in [0.25, 0.3) is 5.91 Å². The number of carbonyl (C=O) groups is 1. The number of benzene rings is 1. The average molecular weight is 348 g/mol. The van der Waals surface area contributed by atoms with E-state index in [1.54, 1.807) is 24.1 Å². The second-order valence-electron chi connectivity index (χ2n) is 5.93. The monoisotopic (exact) mass is 348 g/mol. The fourth-order valence-electron chi connectivity index (χ4n) is 2.85. The highest BCUT2D eigenvalue weighted by Gasteiger charge is 2.28. The summed E-state index contributed by atoms with van der Waals surface area (Å²) in [5.41, 5.74) is 0.619. The maximum absolute atomic E-state index is 12.5. The van der Waals surface area contributed by atoms with Crippen LogP contribution in [0.15, 0.2) is 47.6 Å². The minimum atomic E-state index is -3.62. The Kier molecular flexibility index (Phi) is 4.68. The highest BCUT2D eigenvalue weighted by Crippen LogP contribution is 2.16. The van der Waals surface area contributed by atoms with Gasteiger partial charge in [-0.3, -0.25) is 9.48 Å². The van der Waals surface area contributed by atoms with Crippen molar-refractivity contribution < 1.29 is 13.2 Å². The molecule has 0 radical (unpaired) electrons. The Labute approximate surface area is 141 Å². The molecule has 7 nitrogen and oxygen atoms in total. The van der Waals surface area contributed by atoms with E-state index < -0.39 is 10.0 Å². The van der Waals surface area contributed by atoms with Crippen LogP contribution in [0.2, 0.25) is 0 Å². The van der Waals surface area contributed by atoms with Gasteiger partial charge in [-0.2, -0.15) is 5.10 Å². The molecule has 1 saturated heterocycles. The van der Waals surface area contributed by atoms with E-state index in [4.69, 9.17) is 0 Å². The largest absolute Gasteiger partial charge is 0.337 e. The molecule has 8 heteroatoms. The number of sulfonamides is 1. The quantitative estimate of drug-likeness (QED) is 0.893. The Balaban J connectivity index is 1.69. The van der Waals surface area contributed by atoms with Crippen molar-refractivity contribution in [2.24, 2.45) is 7.05 Å². The third-order valence-corrected chi connectivity index (χ3v) is 5.52. The lowest BCUT2D eigenvalue weighted by atomic mass is 10.1. The van der Waals surface area contributed by atoms with Crippen molar-refractivity contribution in [3.63, 3.8) is 0 Å². The predicted octanol–water partition coefficient (Wildman–Crippen LogP) is 1.00. The summed E-state index contributed by atoms with van der Waals surface area (Å²) < 4.78 is 28.9. The molecule has 128 valence electrons. The van der Waals surface area contributed by atoms with Gasteiger partial charge in [0, 0.05) is 37.9 Å². The van der Waals surface area contributed by atoms with E-state index in [-0.39, 0.29) is 16.8 Å². The van der Waals surface area contributed by atoms with Gasteiger partial charge in [0.15, 0.2) is 0 Å². The Morgan fingerprint density at radius 3 is 2.71 bits per heavy atom. The number of hydrogen-bond acceptors (Lipinski definition) is 4. The number of amides is 1. The zero-order valence-electron chi connectivity index (χ0n) is 13.4. The van der Waals surface area contributed by atoms with E-state index in [0.717, 1.165) is 6.42 Å². The zero-order chi connectivity index (χ0) is 17.2. The molecule has 1 unspecified atom stereocenters. The fraction of sp³-hybridized carbons (Fsp3) is 0.375. The van der Waals surface area contributed by atoms with Crippen LogP contribution in [0.1, 0.15) is 23.2 Å². The molecule has 0 spiro atoms. The number of aromatic nitrogens is 2. The second-order valence-corrected chi connectivity index (χ2v) is 7.64. The standard InChI is InChI=1S/C16H20N4O3S/c1-19-12-15(10-17-19)24(22,23)18-14-8-5-9-20(11-14)16(21)13-6-3-2-4-7-13/h2-4,6-7,10,12,14,18H,5,8-9,11H2,1H3. The summed E-state index contributed by atoms with van der Waals surface area (Å²) in [6.45, 7) is 1.01. The van der Waals surface area contributed by atoms with E-state index in [1.807, 2.05) is 18.2 Å². The van der Waals surface area contributed by atoms with Crippen molar-refractivity contribution in [3.05, 3.63) is 48.3 Å². The Morgan fingerprint density at radius 1 is 1.29 bits per heavy atom. The van der Waals surface area contributed by atoms with Crippen LogP contribution in [-0.4, -0.2) is 48.1 Å². The third kappa shape index (κ3) is 3.65. The Bertz CT molecular complexity index is 817. The Hall–Kier alpha value is -2.19. The fourth-order valence-corrected chi connectivity index (χ4v) is 4.09. The summed E-state index contributed by atoms with van der Waals surface area (Å²) in [7, 11) is -1.96. The molecular formula is C16H20N4O3S. The highest BCUT2D eigenvalue weighted by molar-refractivity contribution is 7.89. The number of carbonyl (C=O) groups excluding carboxylic acids is 1. The van der Waals surface area contributed by atoms with E-state index in [9.17, 15) is 13.2 Å². The summed E-state index contributed by atoms with van der Waals surface area (Å²) >= 11 is 0. The summed E-state index contributed by atoms with van der Waals surface area (Å²) in [5.74, 6) is -0.0686. The molecule has 0 aliphatic carbocycles. The number of nitrogens with zero attached hydrogens (tertiary/aromatic N) is 3. The molecule has 1 amide bonds. The number of piperidine rings is 1. The molecule has 1 fully saturated rings. The van der Waals surface area contributed by atoms with Gasteiger partial charge in [-0.15, -0.1) is 0 Å². The zero-order valence-corrected chi connectivity index (χ0v) is 14.2. The van der Waals surface area contributed by atoms with Gasteiger partial charge in [0.1, 0.15) is 4.90 Å². The van der Waals surface area contributed by atoms with Gasteiger partial charge in [0.2, 0.25) is 10.0 Å². The van der Waals surface area contributed by atoms with Crippen molar-refractivity contribution in [3.8, 4) is 0 Å². The smallest absolute Gasteiger partial charge is 0.253 e. The lowest BCUT2D eigenvalue weighted by molar-refractivity contribution is 0.0703. The van der Waals surface area contributed by atoms with Gasteiger partial charge in [0.05, 0.1) is 6.20 Å². The van der Waals surface area contributed by atoms with Gasteiger partial charge >= 0.3 is 0 Å². The van der Waals surface area contributed by atoms with Crippen LogP contribution in [0.25, 0.3) is 0 Å². The summed E-state index contributed by atoms with van der Waals surface area (Å²) in [5, 5.41) is 3.89. The molecule has 24 heavy (non-hydrogen) atoms. The van der Waals surface area contributed by atoms with Gasteiger partial charge in [-0.05, 0) is 25.0 Å². The minimum absolute atomic E-state index is 0.0686. The molecule has 1 aliphatic heterocycles. The molecule has 1 aromatic heterocycles. The van der Waals surface area contributed by atoms with E-state index in [0.29, 0.717) is 25.1 Å². The van der Waals surface area contributed by atoms with Crippen molar-refractivity contribution in [2.45, 2.75) is 23.8 Å². The van der Waals surface area contributed by atoms with Crippen LogP contribution < -0.4 is 4.72 Å². The summed E-state index contributed by atoms with van der Waals surface area (Å²) in [6, 6.07) is 8.74. The lowest BCUT2D eigenvalue weighted by Crippen LogP contribution is -2.49. The predicted molar refractivity (Wildman–Crippen MR) is 88.9 cm³/mol. The molecule has 2 aromatic rings. The Morgan fingerprint density at radius 2 is 2.04 bits per heavy atom. The molecule has 1 N–H and O–H groups in total. The van der Waals surface area contributed by atoms with Crippen LogP contribution in [0.3, 0.4) is 0 Å². The van der Waals surface area contributed by atoms with Gasteiger partial charge < -0.3 is 4.90 Å². The first-order valence-corrected chi connectivity index (χ1v) is 9.29. The van der Waals surface area contributed by atoms with E-state index >= 15 is 0 Å². The van der Waals surface area contributed by atoms with Crippen LogP contribution in [-0.2, 0) is 17.1 Å². The third-order valence-electron chi connectivity index (χ3n) is 4.04. The molecule has 2 heterocycles. The second kappa shape index (κ2) is 6.74. The van der Waals surface area contributed by atoms with Crippen molar-refractivity contribution in [1.82, 2.24) is 19.4 Å². The van der Waals surface area contributed by atoms with Crippen LogP contribution in [0.5, 0.6) is 0 Å². The minimum Gasteiger partial charge on any atom is -0.337 e. The normalized spacial score (nSPS) is 18.5. The first-order valence-electron chi connectivity index (χ1n) is 7.81. The molecular weight excluding hydrogens is 328 g/mol. The first kappa shape index (κ1) is 16.7. The summed E-state index contributed by atoms with van der Waals surface area (Å²) in [6.07, 6.45) is 4.24. The summed E-state index contributed by atoms with van der Waals surface area (Å²) in [4.78, 5) is 14.4. The first-order chi connectivity index (χ1) is 11.5. The molecule has 0 bridgehead atoms. The number of aryl methyl sites for hydroxylation is 1. The number of rotatable bonds is 4. The topological polar surface area (TPSA) is 84.3 Å². The lowest BCUT2D eigenvalue weighted by Gasteiger charge is -2.33. The molecule has 1 aliphatic rings. The maximum Gasteiger partial charge on any atom is 0.253 e. The van der Waals surface area contributed by atoms with Crippen LogP contribution in [0, 0.1) is 0 Å². The molecule has 1 aromatic carbocycles. The van der Waals surface area contributed by atoms with E-state index in [1.165, 1.54) is 17.1 Å². The van der Waals surface area contributed by atoms with Crippen LogP contribution in [0.4, 0.5) is 0 Å². The van der Waals surface area contributed by atoms with Gasteiger partial charge in [-0.25, -0.2) is 13.1 Å². The van der Waals surface area contributed by atoms with Crippen molar-refractivity contribution >= 4 is 15.9 Å². The van der Waals surface area contributed by atoms with Crippen molar-refractivity contribution in [2.75, 3.05) is 13.1 Å². The van der Waals surface area contributed by atoms with Crippen molar-refractivity contribution in [1.29, 1.82) is 0 Å². The van der Waals surface area contributed by atoms with Gasteiger partial charge in [-0.1, -0.05) is 18.2 Å². The highest BCUT2D eigenvalue weighted by atomic mass is 32.2. The molecule has 1 atom stereocenters. The number of nitrogens with one attached hydrogen (secondary N) is 1. The maximum atomic E-state index is 12.5.